The molecule has 0 bridgehead atoms. The smallest absolute Gasteiger partial charge is 0.256 e. The van der Waals surface area contributed by atoms with E-state index in [1.165, 1.54) is 7.11 Å². The van der Waals surface area contributed by atoms with Gasteiger partial charge >= 0.3 is 0 Å². The van der Waals surface area contributed by atoms with Crippen molar-refractivity contribution in [3.63, 3.8) is 0 Å². The molecule has 0 spiro atoms. The summed E-state index contributed by atoms with van der Waals surface area (Å²) in [5.41, 5.74) is 2.80. The summed E-state index contributed by atoms with van der Waals surface area (Å²) in [7, 11) is 3.09. The largest absolute Gasteiger partial charge is 0.494 e. The number of hydrogen-bond acceptors (Lipinski definition) is 9. The van der Waals surface area contributed by atoms with E-state index in [2.05, 4.69) is 14.9 Å². The summed E-state index contributed by atoms with van der Waals surface area (Å²) in [6.45, 7) is 1.81. The average Bonchev–Trinajstić information content (AvgIpc) is 3.23. The van der Waals surface area contributed by atoms with Crippen LogP contribution >= 0.6 is 0 Å². The molecule has 10 nitrogen and oxygen atoms in total. The van der Waals surface area contributed by atoms with Crippen molar-refractivity contribution in [1.29, 1.82) is 0 Å². The van der Waals surface area contributed by atoms with E-state index in [1.54, 1.807) is 30.3 Å². The average molecular weight is 463 g/mol. The molecule has 0 aliphatic carbocycles. The Balaban J connectivity index is 1.44. The maximum atomic E-state index is 10.8. The molecular weight excluding hydrogens is 438 g/mol. The summed E-state index contributed by atoms with van der Waals surface area (Å²) < 4.78 is 17.7. The molecular formula is C24H25N5O5. The summed E-state index contributed by atoms with van der Waals surface area (Å²) in [5, 5.41) is 20.8. The minimum atomic E-state index is -0.213. The lowest BCUT2D eigenvalue weighted by molar-refractivity contribution is 0.00336. The molecule has 1 fully saturated rings. The highest BCUT2D eigenvalue weighted by atomic mass is 16.5. The van der Waals surface area contributed by atoms with Crippen LogP contribution in [0, 0.1) is 0 Å². The number of aliphatic hydroxyl groups is 1. The van der Waals surface area contributed by atoms with Crippen molar-refractivity contribution in [3.8, 4) is 34.5 Å². The highest BCUT2D eigenvalue weighted by molar-refractivity contribution is 5.87. The summed E-state index contributed by atoms with van der Waals surface area (Å²) >= 11 is 0. The number of methoxy groups -OCH3 is 2. The van der Waals surface area contributed by atoms with Gasteiger partial charge in [-0.15, -0.1) is 0 Å². The molecule has 1 aliphatic rings. The third-order valence-electron chi connectivity index (χ3n) is 5.85. The van der Waals surface area contributed by atoms with Gasteiger partial charge in [-0.1, -0.05) is 0 Å². The Hall–Kier alpha value is -3.89. The van der Waals surface area contributed by atoms with Crippen LogP contribution in [0.25, 0.3) is 27.8 Å². The van der Waals surface area contributed by atoms with Gasteiger partial charge < -0.3 is 29.3 Å². The number of pyridine rings is 3. The number of fused-ring (bicyclic) bond motifs is 1. The lowest BCUT2D eigenvalue weighted by Crippen LogP contribution is -2.44. The fraction of sp³-hybridized carbons (Fsp3) is 0.292. The molecule has 0 radical (unpaired) electrons. The third kappa shape index (κ3) is 3.97. The van der Waals surface area contributed by atoms with E-state index in [9.17, 15) is 10.2 Å². The Bertz CT molecular complexity index is 1310. The van der Waals surface area contributed by atoms with Crippen LogP contribution in [-0.4, -0.2) is 76.4 Å². The first-order valence-electron chi connectivity index (χ1n) is 10.8. The molecule has 34 heavy (non-hydrogen) atoms. The van der Waals surface area contributed by atoms with Crippen molar-refractivity contribution in [3.05, 3.63) is 48.9 Å². The first-order chi connectivity index (χ1) is 16.6. The lowest BCUT2D eigenvalue weighted by Gasteiger charge is -2.32. The fourth-order valence-electron chi connectivity index (χ4n) is 4.05. The van der Waals surface area contributed by atoms with Crippen molar-refractivity contribution in [1.82, 2.24) is 19.5 Å². The second kappa shape index (κ2) is 9.16. The van der Waals surface area contributed by atoms with Gasteiger partial charge in [0.1, 0.15) is 5.82 Å². The Labute approximate surface area is 196 Å². The summed E-state index contributed by atoms with van der Waals surface area (Å²) in [6.07, 6.45) is 4.93. The third-order valence-corrected chi connectivity index (χ3v) is 5.85. The van der Waals surface area contributed by atoms with E-state index < -0.39 is 0 Å². The molecule has 0 aromatic carbocycles. The number of ether oxygens (including phenoxy) is 3. The van der Waals surface area contributed by atoms with E-state index in [-0.39, 0.29) is 18.6 Å². The number of aromatic hydroxyl groups is 1. The van der Waals surface area contributed by atoms with E-state index >= 15 is 0 Å². The summed E-state index contributed by atoms with van der Waals surface area (Å²) in [6, 6.07) is 9.25. The van der Waals surface area contributed by atoms with Gasteiger partial charge in [0.15, 0.2) is 5.75 Å². The molecule has 4 aromatic rings. The Morgan fingerprint density at radius 3 is 2.74 bits per heavy atom. The molecule has 4 aromatic heterocycles. The van der Waals surface area contributed by atoms with Crippen LogP contribution in [-0.2, 0) is 4.74 Å². The Kier molecular flexibility index (Phi) is 5.91. The normalized spacial score (nSPS) is 16.1. The van der Waals surface area contributed by atoms with Crippen molar-refractivity contribution < 1.29 is 24.4 Å². The topological polar surface area (TPSA) is 115 Å². The number of rotatable bonds is 6. The number of anilines is 1. The second-order valence-electron chi connectivity index (χ2n) is 7.88. The molecule has 5 rings (SSSR count). The number of nitrogens with zero attached hydrogens (tertiary/aromatic N) is 5. The van der Waals surface area contributed by atoms with Crippen molar-refractivity contribution >= 4 is 16.7 Å². The van der Waals surface area contributed by atoms with Gasteiger partial charge in [0.2, 0.25) is 5.88 Å². The van der Waals surface area contributed by atoms with Crippen LogP contribution in [0.15, 0.2) is 48.9 Å². The number of aromatic nitrogens is 4. The molecule has 1 unspecified atom stereocenters. The van der Waals surface area contributed by atoms with Crippen molar-refractivity contribution in [2.45, 2.75) is 6.10 Å². The van der Waals surface area contributed by atoms with Crippen LogP contribution < -0.4 is 14.4 Å². The highest BCUT2D eigenvalue weighted by Gasteiger charge is 2.21. The van der Waals surface area contributed by atoms with Crippen LogP contribution in [0.4, 0.5) is 5.82 Å². The molecule has 1 saturated heterocycles. The number of morpholine rings is 1. The quantitative estimate of drug-likeness (QED) is 0.445. The zero-order chi connectivity index (χ0) is 23.7. The van der Waals surface area contributed by atoms with Gasteiger partial charge in [-0.3, -0.25) is 4.57 Å². The standard InChI is InChI=1S/C24H25N5O5/c1-32-21-9-15(10-26-23(21)33-2)19-5-4-18-20(27-19)13-29(24(18)31)16-3-6-22(25-11-16)28-7-8-34-17(12-28)14-30/h3-6,9-11,13,17,30-31H,7-8,12,14H2,1-2H3. The number of aliphatic hydroxyl groups excluding tert-OH is 1. The van der Waals surface area contributed by atoms with Crippen LogP contribution in [0.3, 0.4) is 0 Å². The molecule has 2 N–H and O–H groups in total. The SMILES string of the molecule is COc1cc(-c2ccc3c(O)n(-c4ccc(N5CCOC(CO)C5)nc4)cc3n2)cnc1OC. The van der Waals surface area contributed by atoms with Crippen molar-refractivity contribution in [2.24, 2.45) is 0 Å². The summed E-state index contributed by atoms with van der Waals surface area (Å²) in [5.74, 6) is 1.79. The monoisotopic (exact) mass is 463 g/mol. The Morgan fingerprint density at radius 2 is 2.00 bits per heavy atom. The summed E-state index contributed by atoms with van der Waals surface area (Å²) in [4.78, 5) is 15.6. The van der Waals surface area contributed by atoms with E-state index in [4.69, 9.17) is 19.2 Å². The first-order valence-corrected chi connectivity index (χ1v) is 10.8. The van der Waals surface area contributed by atoms with Crippen LogP contribution in [0.1, 0.15) is 0 Å². The molecule has 0 saturated carbocycles. The molecule has 5 heterocycles. The molecule has 1 aliphatic heterocycles. The van der Waals surface area contributed by atoms with Gasteiger partial charge in [-0.2, -0.15) is 0 Å². The number of hydrogen-bond donors (Lipinski definition) is 2. The van der Waals surface area contributed by atoms with E-state index in [1.807, 2.05) is 30.3 Å². The fourth-order valence-corrected chi connectivity index (χ4v) is 4.05. The predicted molar refractivity (Wildman–Crippen MR) is 126 cm³/mol. The Morgan fingerprint density at radius 1 is 1.12 bits per heavy atom. The lowest BCUT2D eigenvalue weighted by atomic mass is 10.1. The maximum Gasteiger partial charge on any atom is 0.256 e. The van der Waals surface area contributed by atoms with E-state index in [0.29, 0.717) is 53.6 Å². The highest BCUT2D eigenvalue weighted by Crippen LogP contribution is 2.33. The van der Waals surface area contributed by atoms with Crippen molar-refractivity contribution in [2.75, 3.05) is 45.4 Å². The second-order valence-corrected chi connectivity index (χ2v) is 7.88. The van der Waals surface area contributed by atoms with Gasteiger partial charge in [0, 0.05) is 31.0 Å². The predicted octanol–water partition coefficient (Wildman–Crippen LogP) is 2.40. The molecule has 1 atom stereocenters. The minimum absolute atomic E-state index is 0.0211. The zero-order valence-corrected chi connectivity index (χ0v) is 18.9. The van der Waals surface area contributed by atoms with Gasteiger partial charge in [-0.05, 0) is 30.3 Å². The molecule has 10 heteroatoms. The molecule has 176 valence electrons. The van der Waals surface area contributed by atoms with Gasteiger partial charge in [0.25, 0.3) is 5.88 Å². The zero-order valence-electron chi connectivity index (χ0n) is 18.9. The maximum absolute atomic E-state index is 10.8. The van der Waals surface area contributed by atoms with Gasteiger partial charge in [0.05, 0.1) is 62.0 Å². The van der Waals surface area contributed by atoms with Crippen LogP contribution in [0.5, 0.6) is 17.5 Å². The van der Waals surface area contributed by atoms with Gasteiger partial charge in [-0.25, -0.2) is 15.0 Å². The molecule has 0 amide bonds. The minimum Gasteiger partial charge on any atom is -0.494 e. The van der Waals surface area contributed by atoms with E-state index in [0.717, 1.165) is 11.4 Å². The first kappa shape index (κ1) is 21.9. The van der Waals surface area contributed by atoms with Crippen LogP contribution in [0.2, 0.25) is 0 Å².